The Hall–Kier alpha value is -3.71. The van der Waals surface area contributed by atoms with E-state index in [0.29, 0.717) is 17.4 Å². The molecule has 7 nitrogen and oxygen atoms in total. The number of aromatic nitrogens is 3. The van der Waals surface area contributed by atoms with Crippen molar-refractivity contribution in [1.29, 1.82) is 0 Å². The molecule has 1 aliphatic rings. The normalized spacial score (nSPS) is 18.0. The van der Waals surface area contributed by atoms with Crippen LogP contribution in [-0.4, -0.2) is 46.3 Å². The topological polar surface area (TPSA) is 91.9 Å². The van der Waals surface area contributed by atoms with Gasteiger partial charge in [0.05, 0.1) is 11.6 Å². The summed E-state index contributed by atoms with van der Waals surface area (Å²) in [5, 5.41) is 15.2. The van der Waals surface area contributed by atoms with Gasteiger partial charge in [-0.2, -0.15) is 5.10 Å². The third kappa shape index (κ3) is 5.35. The summed E-state index contributed by atoms with van der Waals surface area (Å²) in [7, 11) is 0. The Morgan fingerprint density at radius 3 is 2.77 bits per heavy atom. The summed E-state index contributed by atoms with van der Waals surface area (Å²) < 4.78 is 5.65. The maximum atomic E-state index is 13.3. The molecule has 0 spiro atoms. The first-order valence-electron chi connectivity index (χ1n) is 12.2. The van der Waals surface area contributed by atoms with Crippen LogP contribution in [0.25, 0.3) is 22.2 Å². The Labute approximate surface area is 205 Å². The van der Waals surface area contributed by atoms with Crippen LogP contribution in [-0.2, 0) is 6.42 Å². The lowest BCUT2D eigenvalue weighted by molar-refractivity contribution is 0.0911. The molecular formula is C28H31N5O2. The highest BCUT2D eigenvalue weighted by Crippen LogP contribution is 2.28. The van der Waals surface area contributed by atoms with E-state index in [2.05, 4.69) is 50.1 Å². The van der Waals surface area contributed by atoms with E-state index in [-0.39, 0.29) is 18.1 Å². The maximum Gasteiger partial charge on any atom is 0.251 e. The van der Waals surface area contributed by atoms with E-state index in [9.17, 15) is 4.79 Å². The fourth-order valence-electron chi connectivity index (χ4n) is 4.70. The minimum absolute atomic E-state index is 0.0623. The molecule has 0 radical (unpaired) electrons. The van der Waals surface area contributed by atoms with E-state index in [0.717, 1.165) is 48.1 Å². The van der Waals surface area contributed by atoms with Crippen molar-refractivity contribution in [2.75, 3.05) is 13.1 Å². The first kappa shape index (κ1) is 23.1. The summed E-state index contributed by atoms with van der Waals surface area (Å²) in [6.07, 6.45) is 3.81. The van der Waals surface area contributed by atoms with Gasteiger partial charge in [-0.1, -0.05) is 30.3 Å². The second-order valence-electron chi connectivity index (χ2n) is 9.41. The number of nitrogens with zero attached hydrogens (tertiary/aromatic N) is 2. The van der Waals surface area contributed by atoms with Crippen LogP contribution in [0.15, 0.2) is 66.9 Å². The third-order valence-corrected chi connectivity index (χ3v) is 6.47. The summed E-state index contributed by atoms with van der Waals surface area (Å²) in [5.41, 5.74) is 4.43. The van der Waals surface area contributed by atoms with Gasteiger partial charge in [-0.25, -0.2) is 4.98 Å². The van der Waals surface area contributed by atoms with Crippen molar-refractivity contribution in [3.63, 3.8) is 0 Å². The standard InChI is InChI=1S/C28H31N5O2/c1-18(2)35-26-11-9-22(16-30-26)27-23-15-21(8-10-24(23)32-33-27)28(34)31-25-17-29-13-12-20(25)14-19-6-4-3-5-7-19/h3-11,15-16,18,20,25,29H,12-14,17H2,1-2H3,(H,31,34)(H,32,33)/t20-,25+/m0/s1. The monoisotopic (exact) mass is 469 g/mol. The molecule has 0 unspecified atom stereocenters. The fourth-order valence-corrected chi connectivity index (χ4v) is 4.70. The molecule has 1 fully saturated rings. The van der Waals surface area contributed by atoms with Crippen LogP contribution in [0.2, 0.25) is 0 Å². The molecule has 1 aliphatic heterocycles. The number of piperidine rings is 1. The molecule has 2 aromatic carbocycles. The van der Waals surface area contributed by atoms with Crippen molar-refractivity contribution in [2.24, 2.45) is 5.92 Å². The van der Waals surface area contributed by atoms with Crippen LogP contribution >= 0.6 is 0 Å². The van der Waals surface area contributed by atoms with E-state index in [1.54, 1.807) is 6.20 Å². The Bertz CT molecular complexity index is 1280. The number of aromatic amines is 1. The van der Waals surface area contributed by atoms with Gasteiger partial charge in [0.2, 0.25) is 5.88 Å². The number of carbonyl (C=O) groups excluding carboxylic acids is 1. The van der Waals surface area contributed by atoms with Crippen LogP contribution in [0.1, 0.15) is 36.2 Å². The molecule has 4 aromatic rings. The zero-order valence-corrected chi connectivity index (χ0v) is 20.1. The van der Waals surface area contributed by atoms with Gasteiger partial charge in [-0.3, -0.25) is 9.89 Å². The number of benzene rings is 2. The highest BCUT2D eigenvalue weighted by Gasteiger charge is 2.27. The Morgan fingerprint density at radius 2 is 2.00 bits per heavy atom. The number of fused-ring (bicyclic) bond motifs is 1. The molecule has 3 N–H and O–H groups in total. The third-order valence-electron chi connectivity index (χ3n) is 6.47. The number of rotatable bonds is 7. The Morgan fingerprint density at radius 1 is 1.14 bits per heavy atom. The lowest BCUT2D eigenvalue weighted by atomic mass is 9.86. The van der Waals surface area contributed by atoms with Crippen molar-refractivity contribution in [2.45, 2.75) is 38.8 Å². The van der Waals surface area contributed by atoms with Crippen LogP contribution in [0.4, 0.5) is 0 Å². The molecule has 180 valence electrons. The summed E-state index contributed by atoms with van der Waals surface area (Å²) in [4.78, 5) is 17.7. The van der Waals surface area contributed by atoms with E-state index in [1.807, 2.05) is 50.2 Å². The van der Waals surface area contributed by atoms with Gasteiger partial charge >= 0.3 is 0 Å². The number of H-pyrrole nitrogens is 1. The first-order chi connectivity index (χ1) is 17.1. The number of carbonyl (C=O) groups is 1. The van der Waals surface area contributed by atoms with Gasteiger partial charge in [-0.05, 0) is 69.0 Å². The molecule has 5 rings (SSSR count). The molecule has 35 heavy (non-hydrogen) atoms. The minimum atomic E-state index is -0.0652. The average molecular weight is 470 g/mol. The summed E-state index contributed by atoms with van der Waals surface area (Å²) >= 11 is 0. The molecule has 0 aliphatic carbocycles. The largest absolute Gasteiger partial charge is 0.475 e. The van der Waals surface area contributed by atoms with Crippen LogP contribution in [0, 0.1) is 5.92 Å². The summed E-state index contributed by atoms with van der Waals surface area (Å²) in [6, 6.07) is 20.0. The number of pyridine rings is 1. The summed E-state index contributed by atoms with van der Waals surface area (Å²) in [6.45, 7) is 5.69. The molecular weight excluding hydrogens is 438 g/mol. The van der Waals surface area contributed by atoms with E-state index >= 15 is 0 Å². The molecule has 1 saturated heterocycles. The minimum Gasteiger partial charge on any atom is -0.475 e. The molecule has 2 atom stereocenters. The number of nitrogens with one attached hydrogen (secondary N) is 3. The van der Waals surface area contributed by atoms with Gasteiger partial charge in [0.25, 0.3) is 5.91 Å². The van der Waals surface area contributed by atoms with Crippen LogP contribution in [0.5, 0.6) is 5.88 Å². The predicted molar refractivity (Wildman–Crippen MR) is 137 cm³/mol. The number of hydrogen-bond donors (Lipinski definition) is 3. The average Bonchev–Trinajstić information content (AvgIpc) is 3.29. The quantitative estimate of drug-likeness (QED) is 0.374. The SMILES string of the molecule is CC(C)Oc1ccc(-c2n[nH]c3ccc(C(=O)N[C@@H]4CNCC[C@H]4Cc4ccccc4)cc23)cn1. The predicted octanol–water partition coefficient (Wildman–Crippen LogP) is 4.36. The van der Waals surface area contributed by atoms with Crippen molar-refractivity contribution >= 4 is 16.8 Å². The van der Waals surface area contributed by atoms with Crippen LogP contribution in [0.3, 0.4) is 0 Å². The van der Waals surface area contributed by atoms with E-state index in [4.69, 9.17) is 4.74 Å². The second-order valence-corrected chi connectivity index (χ2v) is 9.41. The molecule has 1 amide bonds. The lowest BCUT2D eigenvalue weighted by Gasteiger charge is -2.33. The highest BCUT2D eigenvalue weighted by molar-refractivity contribution is 6.01. The second kappa shape index (κ2) is 10.3. The molecule has 7 heteroatoms. The highest BCUT2D eigenvalue weighted by atomic mass is 16.5. The molecule has 0 saturated carbocycles. The van der Waals surface area contributed by atoms with E-state index < -0.39 is 0 Å². The lowest BCUT2D eigenvalue weighted by Crippen LogP contribution is -2.51. The van der Waals surface area contributed by atoms with Crippen molar-refractivity contribution in [1.82, 2.24) is 25.8 Å². The fraction of sp³-hybridized carbons (Fsp3) is 0.321. The summed E-state index contributed by atoms with van der Waals surface area (Å²) in [5.74, 6) is 0.910. The molecule has 3 heterocycles. The van der Waals surface area contributed by atoms with Gasteiger partial charge in [-0.15, -0.1) is 0 Å². The van der Waals surface area contributed by atoms with Crippen molar-refractivity contribution < 1.29 is 9.53 Å². The number of hydrogen-bond acceptors (Lipinski definition) is 5. The van der Waals surface area contributed by atoms with Gasteiger partial charge in [0.1, 0.15) is 5.69 Å². The van der Waals surface area contributed by atoms with Gasteiger partial charge < -0.3 is 15.4 Å². The Kier molecular flexibility index (Phi) is 6.77. The van der Waals surface area contributed by atoms with E-state index in [1.165, 1.54) is 5.56 Å². The number of ether oxygens (including phenoxy) is 1. The number of amides is 1. The Balaban J connectivity index is 1.34. The molecule has 0 bridgehead atoms. The van der Waals surface area contributed by atoms with Crippen molar-refractivity contribution in [3.8, 4) is 17.1 Å². The zero-order chi connectivity index (χ0) is 24.2. The van der Waals surface area contributed by atoms with Crippen LogP contribution < -0.4 is 15.4 Å². The van der Waals surface area contributed by atoms with Crippen molar-refractivity contribution in [3.05, 3.63) is 78.0 Å². The smallest absolute Gasteiger partial charge is 0.251 e. The first-order valence-corrected chi connectivity index (χ1v) is 12.2. The van der Waals surface area contributed by atoms with Gasteiger partial charge in [0.15, 0.2) is 0 Å². The van der Waals surface area contributed by atoms with Gasteiger partial charge in [0, 0.05) is 41.4 Å². The zero-order valence-electron chi connectivity index (χ0n) is 20.1. The molecule has 2 aromatic heterocycles. The maximum absolute atomic E-state index is 13.3.